The minimum Gasteiger partial charge on any atom is -0.463 e. The summed E-state index contributed by atoms with van der Waals surface area (Å²) in [5.41, 5.74) is 0. The lowest BCUT2D eigenvalue weighted by molar-refractivity contribution is -0.137. The van der Waals surface area contributed by atoms with Crippen molar-refractivity contribution in [3.05, 3.63) is 11.1 Å². The number of ether oxygens (including phenoxy) is 1. The van der Waals surface area contributed by atoms with Crippen LogP contribution in [0.4, 0.5) is 0 Å². The second-order valence-electron chi connectivity index (χ2n) is 4.53. The second kappa shape index (κ2) is 6.43. The molecule has 0 saturated carbocycles. The van der Waals surface area contributed by atoms with E-state index in [-0.39, 0.29) is 17.3 Å². The van der Waals surface area contributed by atoms with Crippen molar-refractivity contribution in [3.8, 4) is 0 Å². The first-order valence-electron chi connectivity index (χ1n) is 6.78. The van der Waals surface area contributed by atoms with Gasteiger partial charge in [-0.25, -0.2) is 4.79 Å². The van der Waals surface area contributed by atoms with Gasteiger partial charge < -0.3 is 9.64 Å². The summed E-state index contributed by atoms with van der Waals surface area (Å²) in [6, 6.07) is 0. The van der Waals surface area contributed by atoms with Gasteiger partial charge in [-0.2, -0.15) is 0 Å². The van der Waals surface area contributed by atoms with E-state index in [0.717, 1.165) is 25.9 Å². The Balaban J connectivity index is 2.11. The van der Waals surface area contributed by atoms with Crippen LogP contribution in [0.2, 0.25) is 0 Å². The van der Waals surface area contributed by atoms with Crippen molar-refractivity contribution < 1.29 is 14.3 Å². The van der Waals surface area contributed by atoms with E-state index in [1.165, 1.54) is 17.8 Å². The fraction of sp³-hybridized carbons (Fsp3) is 0.692. The molecule has 2 rings (SSSR count). The van der Waals surface area contributed by atoms with Gasteiger partial charge in [-0.1, -0.05) is 11.8 Å². The number of likely N-dealkylation sites (tertiary alicyclic amines) is 1. The van der Waals surface area contributed by atoms with E-state index in [1.807, 2.05) is 6.92 Å². The fourth-order valence-electron chi connectivity index (χ4n) is 2.39. The van der Waals surface area contributed by atoms with Gasteiger partial charge in [-0.15, -0.1) is 0 Å². The van der Waals surface area contributed by atoms with Gasteiger partial charge in [0.2, 0.25) is 0 Å². The Labute approximate surface area is 117 Å². The van der Waals surface area contributed by atoms with E-state index in [1.54, 1.807) is 11.8 Å². The van der Waals surface area contributed by atoms with Crippen LogP contribution in [0.3, 0.4) is 0 Å². The molecular weight excluding hydrogens is 264 g/mol. The Hall–Kier alpha value is -1.01. The molecule has 1 atom stereocenters. The molecule has 2 aliphatic rings. The molecule has 0 radical (unpaired) electrons. The molecule has 0 aromatic rings. The van der Waals surface area contributed by atoms with Crippen LogP contribution in [0, 0.1) is 0 Å². The minimum atomic E-state index is -0.377. The molecule has 0 bridgehead atoms. The lowest BCUT2D eigenvalue weighted by Crippen LogP contribution is -2.39. The summed E-state index contributed by atoms with van der Waals surface area (Å²) in [7, 11) is 0. The van der Waals surface area contributed by atoms with Crippen molar-refractivity contribution >= 4 is 23.6 Å². The van der Waals surface area contributed by atoms with Crippen molar-refractivity contribution in [1.82, 2.24) is 9.80 Å². The van der Waals surface area contributed by atoms with Gasteiger partial charge in [-0.3, -0.25) is 9.69 Å². The van der Waals surface area contributed by atoms with Crippen LogP contribution < -0.4 is 0 Å². The average Bonchev–Trinajstić information content (AvgIpc) is 2.98. The summed E-state index contributed by atoms with van der Waals surface area (Å²) < 4.78 is 4.91. The summed E-state index contributed by atoms with van der Waals surface area (Å²) in [5.74, 6) is -0.289. The molecule has 0 aliphatic carbocycles. The Bertz CT molecular complexity index is 391. The highest BCUT2D eigenvalue weighted by Crippen LogP contribution is 2.37. The topological polar surface area (TPSA) is 49.9 Å². The number of likely N-dealkylation sites (N-methyl/N-ethyl adjacent to an activating group) is 1. The summed E-state index contributed by atoms with van der Waals surface area (Å²) in [6.45, 7) is 6.56. The van der Waals surface area contributed by atoms with Crippen LogP contribution in [0.25, 0.3) is 0 Å². The maximum Gasteiger partial charge on any atom is 0.333 e. The number of carbonyl (C=O) groups is 2. The first kappa shape index (κ1) is 14.4. The van der Waals surface area contributed by atoms with Crippen LogP contribution in [0.5, 0.6) is 0 Å². The van der Waals surface area contributed by atoms with Crippen LogP contribution in [-0.2, 0) is 14.3 Å². The lowest BCUT2D eigenvalue weighted by Gasteiger charge is -2.20. The Morgan fingerprint density at radius 2 is 2.11 bits per heavy atom. The van der Waals surface area contributed by atoms with Gasteiger partial charge in [0.15, 0.2) is 0 Å². The highest BCUT2D eigenvalue weighted by Gasteiger charge is 2.40. The number of rotatable bonds is 4. The summed E-state index contributed by atoms with van der Waals surface area (Å²) in [6.07, 6.45) is 3.73. The van der Waals surface area contributed by atoms with Gasteiger partial charge in [0.25, 0.3) is 5.91 Å². The van der Waals surface area contributed by atoms with E-state index < -0.39 is 0 Å². The molecule has 0 aromatic heterocycles. The minimum absolute atomic E-state index is 0.0879. The number of thioether (sulfide) groups is 1. The molecule has 1 amide bonds. The predicted molar refractivity (Wildman–Crippen MR) is 74.3 cm³/mol. The maximum absolute atomic E-state index is 12.3. The number of esters is 1. The zero-order chi connectivity index (χ0) is 13.8. The monoisotopic (exact) mass is 284 g/mol. The van der Waals surface area contributed by atoms with Gasteiger partial charge in [-0.05, 0) is 39.8 Å². The van der Waals surface area contributed by atoms with E-state index in [9.17, 15) is 9.59 Å². The smallest absolute Gasteiger partial charge is 0.333 e. The standard InChI is InChI=1S/C13H20N2O3S/c1-3-15-10(9-11(16)18-4-2)19-13(12(15)17)14-7-5-6-8-14/h9,13H,3-8H2,1-2H3/b10-9+. The van der Waals surface area contributed by atoms with E-state index in [2.05, 4.69) is 4.90 Å². The molecule has 2 fully saturated rings. The molecule has 106 valence electrons. The molecule has 2 aliphatic heterocycles. The van der Waals surface area contributed by atoms with E-state index in [4.69, 9.17) is 4.74 Å². The van der Waals surface area contributed by atoms with Gasteiger partial charge in [0.1, 0.15) is 5.37 Å². The third kappa shape index (κ3) is 3.12. The van der Waals surface area contributed by atoms with Crippen LogP contribution in [-0.4, -0.2) is 53.3 Å². The quantitative estimate of drug-likeness (QED) is 0.577. The van der Waals surface area contributed by atoms with Crippen molar-refractivity contribution in [3.63, 3.8) is 0 Å². The SMILES string of the molecule is CCOC(=O)/C=C1/SC(N2CCCC2)C(=O)N1CC. The molecule has 5 nitrogen and oxygen atoms in total. The lowest BCUT2D eigenvalue weighted by atomic mass is 10.4. The Kier molecular flexibility index (Phi) is 4.87. The average molecular weight is 284 g/mol. The van der Waals surface area contributed by atoms with Crippen molar-refractivity contribution in [2.75, 3.05) is 26.2 Å². The van der Waals surface area contributed by atoms with Gasteiger partial charge in [0.05, 0.1) is 17.7 Å². The maximum atomic E-state index is 12.3. The van der Waals surface area contributed by atoms with Crippen LogP contribution in [0.1, 0.15) is 26.7 Å². The number of hydrogen-bond donors (Lipinski definition) is 0. The Morgan fingerprint density at radius 3 is 2.68 bits per heavy atom. The largest absolute Gasteiger partial charge is 0.463 e. The summed E-state index contributed by atoms with van der Waals surface area (Å²) in [5, 5.41) is 0.547. The van der Waals surface area contributed by atoms with Crippen molar-refractivity contribution in [1.29, 1.82) is 0 Å². The predicted octanol–water partition coefficient (Wildman–Crippen LogP) is 1.41. The molecule has 2 heterocycles. The van der Waals surface area contributed by atoms with Crippen LogP contribution in [0.15, 0.2) is 11.1 Å². The summed E-state index contributed by atoms with van der Waals surface area (Å²) in [4.78, 5) is 27.7. The zero-order valence-electron chi connectivity index (χ0n) is 11.4. The number of amides is 1. The normalized spacial score (nSPS) is 26.4. The molecule has 19 heavy (non-hydrogen) atoms. The Morgan fingerprint density at radius 1 is 1.42 bits per heavy atom. The molecule has 6 heteroatoms. The molecule has 0 aromatic carbocycles. The highest BCUT2D eigenvalue weighted by molar-refractivity contribution is 8.04. The number of nitrogens with zero attached hydrogens (tertiary/aromatic N) is 2. The van der Waals surface area contributed by atoms with Crippen molar-refractivity contribution in [2.45, 2.75) is 32.1 Å². The molecule has 0 N–H and O–H groups in total. The molecule has 0 spiro atoms. The first-order valence-corrected chi connectivity index (χ1v) is 7.65. The number of carbonyl (C=O) groups excluding carboxylic acids is 2. The molecule has 2 saturated heterocycles. The number of hydrogen-bond acceptors (Lipinski definition) is 5. The van der Waals surface area contributed by atoms with E-state index in [0.29, 0.717) is 18.2 Å². The van der Waals surface area contributed by atoms with Crippen molar-refractivity contribution in [2.24, 2.45) is 0 Å². The van der Waals surface area contributed by atoms with E-state index >= 15 is 0 Å². The summed E-state index contributed by atoms with van der Waals surface area (Å²) >= 11 is 1.47. The van der Waals surface area contributed by atoms with Gasteiger partial charge >= 0.3 is 5.97 Å². The third-order valence-electron chi connectivity index (χ3n) is 3.29. The second-order valence-corrected chi connectivity index (χ2v) is 5.63. The first-order chi connectivity index (χ1) is 9.17. The molecule has 1 unspecified atom stereocenters. The zero-order valence-corrected chi connectivity index (χ0v) is 12.2. The highest BCUT2D eigenvalue weighted by atomic mass is 32.2. The fourth-order valence-corrected chi connectivity index (χ4v) is 3.71. The third-order valence-corrected chi connectivity index (χ3v) is 4.59. The van der Waals surface area contributed by atoms with Gasteiger partial charge in [0, 0.05) is 6.54 Å². The molecular formula is C13H20N2O3S. The van der Waals surface area contributed by atoms with Crippen LogP contribution >= 0.6 is 11.8 Å².